The van der Waals surface area contributed by atoms with E-state index in [0.29, 0.717) is 12.3 Å². The molecule has 2 aromatic rings. The maximum Gasteiger partial charge on any atom is 0.573 e. The predicted octanol–water partition coefficient (Wildman–Crippen LogP) is 4.67. The van der Waals surface area contributed by atoms with Crippen LogP contribution in [0.1, 0.15) is 5.56 Å². The van der Waals surface area contributed by atoms with Gasteiger partial charge in [0.1, 0.15) is 5.75 Å². The first-order chi connectivity index (χ1) is 10.6. The third-order valence-corrected chi connectivity index (χ3v) is 2.77. The Bertz CT molecular complexity index is 696. The third-order valence-electron chi connectivity index (χ3n) is 2.77. The molecule has 23 heavy (non-hydrogen) atoms. The number of halogens is 6. The summed E-state index contributed by atoms with van der Waals surface area (Å²) in [6, 6.07) is 5.45. The number of alkyl halides is 6. The Balaban J connectivity index is 2.61. The highest BCUT2D eigenvalue weighted by Gasteiger charge is 2.34. The normalized spacial score (nSPS) is 12.1. The standard InChI is InChI=1S/C14H9F6NO2/c1-22-12-10(6-8(7-21-12)13(15,16)17)9-4-2-3-5-11(9)23-14(18,19)20/h2-7H,1H3. The van der Waals surface area contributed by atoms with Crippen LogP contribution in [-0.2, 0) is 6.18 Å². The predicted molar refractivity (Wildman–Crippen MR) is 67.9 cm³/mol. The van der Waals surface area contributed by atoms with Crippen molar-refractivity contribution in [3.8, 4) is 22.8 Å². The van der Waals surface area contributed by atoms with Crippen LogP contribution in [0.5, 0.6) is 11.6 Å². The van der Waals surface area contributed by atoms with Gasteiger partial charge in [-0.2, -0.15) is 13.2 Å². The Morgan fingerprint density at radius 1 is 0.957 bits per heavy atom. The third kappa shape index (κ3) is 4.05. The van der Waals surface area contributed by atoms with Crippen molar-refractivity contribution in [1.29, 1.82) is 0 Å². The van der Waals surface area contributed by atoms with Gasteiger partial charge in [0.15, 0.2) is 0 Å². The number of para-hydroxylation sites is 1. The van der Waals surface area contributed by atoms with Crippen molar-refractivity contribution >= 4 is 0 Å². The molecule has 0 amide bonds. The topological polar surface area (TPSA) is 31.4 Å². The number of benzene rings is 1. The molecule has 0 aliphatic heterocycles. The molecular formula is C14H9F6NO2. The zero-order valence-corrected chi connectivity index (χ0v) is 11.5. The van der Waals surface area contributed by atoms with E-state index in [1.165, 1.54) is 18.2 Å². The average molecular weight is 337 g/mol. The Kier molecular flexibility index (Phi) is 4.39. The van der Waals surface area contributed by atoms with Crippen molar-refractivity contribution < 1.29 is 35.8 Å². The Hall–Kier alpha value is -2.45. The SMILES string of the molecule is COc1ncc(C(F)(F)F)cc1-c1ccccc1OC(F)(F)F. The first-order valence-corrected chi connectivity index (χ1v) is 6.08. The van der Waals surface area contributed by atoms with Crippen LogP contribution in [-0.4, -0.2) is 18.5 Å². The molecule has 2 rings (SSSR count). The Labute approximate surface area is 126 Å². The van der Waals surface area contributed by atoms with E-state index in [0.717, 1.165) is 13.2 Å². The number of nitrogens with zero attached hydrogens (tertiary/aromatic N) is 1. The quantitative estimate of drug-likeness (QED) is 0.763. The average Bonchev–Trinajstić information content (AvgIpc) is 2.44. The van der Waals surface area contributed by atoms with Gasteiger partial charge in [-0.15, -0.1) is 13.2 Å². The summed E-state index contributed by atoms with van der Waals surface area (Å²) in [5.74, 6) is -0.907. The van der Waals surface area contributed by atoms with E-state index in [1.54, 1.807) is 0 Å². The number of rotatable bonds is 3. The number of hydrogen-bond acceptors (Lipinski definition) is 3. The van der Waals surface area contributed by atoms with Gasteiger partial charge in [-0.3, -0.25) is 0 Å². The van der Waals surface area contributed by atoms with Gasteiger partial charge in [0, 0.05) is 17.3 Å². The molecule has 0 unspecified atom stereocenters. The largest absolute Gasteiger partial charge is 0.573 e. The highest BCUT2D eigenvalue weighted by atomic mass is 19.4. The maximum atomic E-state index is 12.8. The van der Waals surface area contributed by atoms with Crippen molar-refractivity contribution in [3.63, 3.8) is 0 Å². The second-order valence-electron chi connectivity index (χ2n) is 4.32. The van der Waals surface area contributed by atoms with Gasteiger partial charge in [0.05, 0.1) is 12.7 Å². The molecule has 0 aliphatic rings. The van der Waals surface area contributed by atoms with Crippen molar-refractivity contribution in [1.82, 2.24) is 4.98 Å². The van der Waals surface area contributed by atoms with Crippen molar-refractivity contribution in [2.24, 2.45) is 0 Å². The summed E-state index contributed by atoms with van der Waals surface area (Å²) in [6.45, 7) is 0. The molecule has 1 heterocycles. The van der Waals surface area contributed by atoms with Crippen molar-refractivity contribution in [2.75, 3.05) is 7.11 Å². The van der Waals surface area contributed by atoms with Crippen LogP contribution in [0, 0.1) is 0 Å². The molecule has 0 radical (unpaired) electrons. The molecule has 1 aromatic carbocycles. The Morgan fingerprint density at radius 2 is 1.61 bits per heavy atom. The molecular weight excluding hydrogens is 328 g/mol. The van der Waals surface area contributed by atoms with Crippen molar-refractivity contribution in [3.05, 3.63) is 42.1 Å². The van der Waals surface area contributed by atoms with Crippen LogP contribution in [0.25, 0.3) is 11.1 Å². The number of methoxy groups -OCH3 is 1. The van der Waals surface area contributed by atoms with Gasteiger partial charge in [0.25, 0.3) is 0 Å². The van der Waals surface area contributed by atoms with E-state index in [4.69, 9.17) is 4.74 Å². The molecule has 3 nitrogen and oxygen atoms in total. The summed E-state index contributed by atoms with van der Waals surface area (Å²) in [5.41, 5.74) is -1.60. The summed E-state index contributed by atoms with van der Waals surface area (Å²) >= 11 is 0. The Morgan fingerprint density at radius 3 is 2.17 bits per heavy atom. The smallest absolute Gasteiger partial charge is 0.481 e. The molecule has 1 aromatic heterocycles. The summed E-state index contributed by atoms with van der Waals surface area (Å²) in [5, 5.41) is 0. The lowest BCUT2D eigenvalue weighted by Gasteiger charge is -2.16. The first-order valence-electron chi connectivity index (χ1n) is 6.08. The number of ether oxygens (including phenoxy) is 2. The summed E-state index contributed by atoms with van der Waals surface area (Å²) < 4.78 is 84.4. The second kappa shape index (κ2) is 5.98. The van der Waals surface area contributed by atoms with Gasteiger partial charge in [-0.1, -0.05) is 18.2 Å². The molecule has 0 spiro atoms. The van der Waals surface area contributed by atoms with E-state index in [2.05, 4.69) is 9.72 Å². The molecule has 0 saturated heterocycles. The van der Waals surface area contributed by atoms with Crippen LogP contribution in [0.2, 0.25) is 0 Å². The molecule has 0 atom stereocenters. The summed E-state index contributed by atoms with van der Waals surface area (Å²) in [6.07, 6.45) is -9.15. The highest BCUT2D eigenvalue weighted by Crippen LogP contribution is 2.40. The van der Waals surface area contributed by atoms with Gasteiger partial charge >= 0.3 is 12.5 Å². The minimum Gasteiger partial charge on any atom is -0.481 e. The number of hydrogen-bond donors (Lipinski definition) is 0. The molecule has 0 N–H and O–H groups in total. The molecule has 0 saturated carbocycles. The van der Waals surface area contributed by atoms with E-state index >= 15 is 0 Å². The zero-order chi connectivity index (χ0) is 17.3. The minimum absolute atomic E-state index is 0.222. The van der Waals surface area contributed by atoms with E-state index in [-0.39, 0.29) is 17.0 Å². The van der Waals surface area contributed by atoms with Crippen LogP contribution in [0.15, 0.2) is 36.5 Å². The summed E-state index contributed by atoms with van der Waals surface area (Å²) in [4.78, 5) is 3.50. The van der Waals surface area contributed by atoms with Crippen LogP contribution in [0.4, 0.5) is 26.3 Å². The molecule has 124 valence electrons. The fourth-order valence-corrected chi connectivity index (χ4v) is 1.87. The van der Waals surface area contributed by atoms with Gasteiger partial charge in [-0.25, -0.2) is 4.98 Å². The van der Waals surface area contributed by atoms with Crippen LogP contribution < -0.4 is 9.47 Å². The molecule has 0 fully saturated rings. The second-order valence-corrected chi connectivity index (χ2v) is 4.32. The highest BCUT2D eigenvalue weighted by molar-refractivity contribution is 5.75. The van der Waals surface area contributed by atoms with Crippen LogP contribution in [0.3, 0.4) is 0 Å². The van der Waals surface area contributed by atoms with Crippen LogP contribution >= 0.6 is 0 Å². The lowest BCUT2D eigenvalue weighted by atomic mass is 10.0. The van der Waals surface area contributed by atoms with E-state index in [9.17, 15) is 26.3 Å². The maximum absolute atomic E-state index is 12.8. The monoisotopic (exact) mass is 337 g/mol. The van der Waals surface area contributed by atoms with Gasteiger partial charge in [0.2, 0.25) is 5.88 Å². The lowest BCUT2D eigenvalue weighted by molar-refractivity contribution is -0.274. The fraction of sp³-hybridized carbons (Fsp3) is 0.214. The summed E-state index contributed by atoms with van der Waals surface area (Å²) in [7, 11) is 1.15. The van der Waals surface area contributed by atoms with E-state index < -0.39 is 23.9 Å². The minimum atomic E-state index is -4.99. The number of pyridine rings is 1. The fourth-order valence-electron chi connectivity index (χ4n) is 1.87. The molecule has 0 bridgehead atoms. The van der Waals surface area contributed by atoms with E-state index in [1.807, 2.05) is 0 Å². The number of aromatic nitrogens is 1. The zero-order valence-electron chi connectivity index (χ0n) is 11.5. The van der Waals surface area contributed by atoms with Crippen molar-refractivity contribution in [2.45, 2.75) is 12.5 Å². The van der Waals surface area contributed by atoms with Gasteiger partial charge in [-0.05, 0) is 12.1 Å². The molecule has 9 heteroatoms. The first kappa shape index (κ1) is 16.9. The lowest BCUT2D eigenvalue weighted by Crippen LogP contribution is -2.17. The molecule has 0 aliphatic carbocycles. The van der Waals surface area contributed by atoms with Gasteiger partial charge < -0.3 is 9.47 Å².